The molecule has 1 amide bonds. The van der Waals surface area contributed by atoms with Crippen LogP contribution in [0.5, 0.6) is 0 Å². The van der Waals surface area contributed by atoms with Crippen LogP contribution in [0.3, 0.4) is 0 Å². The van der Waals surface area contributed by atoms with Gasteiger partial charge in [-0.25, -0.2) is 4.39 Å². The third-order valence-corrected chi connectivity index (χ3v) is 5.63. The molecule has 0 radical (unpaired) electrons. The van der Waals surface area contributed by atoms with Crippen LogP contribution in [0, 0.1) is 9.39 Å². The van der Waals surface area contributed by atoms with Gasteiger partial charge in [-0.2, -0.15) is 0 Å². The zero-order valence-electron chi connectivity index (χ0n) is 14.9. The molecule has 1 atom stereocenters. The first-order valence-electron chi connectivity index (χ1n) is 8.61. The lowest BCUT2D eigenvalue weighted by molar-refractivity contribution is -0.0931. The van der Waals surface area contributed by atoms with E-state index in [9.17, 15) is 14.3 Å². The van der Waals surface area contributed by atoms with Gasteiger partial charge >= 0.3 is 0 Å². The number of anilines is 2. The molecule has 146 valence electrons. The molecule has 1 aromatic heterocycles. The molecular formula is C18H18FIN6O2. The summed E-state index contributed by atoms with van der Waals surface area (Å²) < 4.78 is 15.1. The normalized spacial score (nSPS) is 16.7. The zero-order valence-corrected chi connectivity index (χ0v) is 17.1. The molecule has 1 saturated heterocycles. The van der Waals surface area contributed by atoms with Gasteiger partial charge in [0.05, 0.1) is 35.5 Å². The zero-order chi connectivity index (χ0) is 20.1. The number of amides is 1. The predicted octanol–water partition coefficient (Wildman–Crippen LogP) is 1.98. The lowest BCUT2D eigenvalue weighted by Gasteiger charge is -2.48. The molecule has 10 heteroatoms. The number of fused-ring (bicyclic) bond motifs is 1. The molecule has 0 bridgehead atoms. The lowest BCUT2D eigenvalue weighted by atomic mass is 9.87. The highest BCUT2D eigenvalue weighted by molar-refractivity contribution is 14.1. The number of aliphatic hydroxyl groups is 1. The highest BCUT2D eigenvalue weighted by Crippen LogP contribution is 2.31. The van der Waals surface area contributed by atoms with Crippen molar-refractivity contribution in [2.24, 2.45) is 5.73 Å². The van der Waals surface area contributed by atoms with Gasteiger partial charge in [-0.1, -0.05) is 5.21 Å². The van der Waals surface area contributed by atoms with Crippen molar-refractivity contribution in [3.63, 3.8) is 0 Å². The van der Waals surface area contributed by atoms with Crippen LogP contribution >= 0.6 is 22.6 Å². The van der Waals surface area contributed by atoms with E-state index < -0.39 is 17.5 Å². The Kier molecular flexibility index (Phi) is 4.71. The van der Waals surface area contributed by atoms with Gasteiger partial charge < -0.3 is 21.1 Å². The fraction of sp³-hybridized carbons (Fsp3) is 0.278. The second-order valence-corrected chi connectivity index (χ2v) is 8.28. The molecule has 2 aromatic carbocycles. The molecule has 4 rings (SSSR count). The Morgan fingerprint density at radius 1 is 1.39 bits per heavy atom. The topological polar surface area (TPSA) is 120 Å². The molecule has 0 aliphatic carbocycles. The van der Waals surface area contributed by atoms with E-state index in [1.54, 1.807) is 31.2 Å². The fourth-order valence-corrected chi connectivity index (χ4v) is 3.58. The molecular weight excluding hydrogens is 478 g/mol. The van der Waals surface area contributed by atoms with Gasteiger partial charge in [-0.05, 0) is 59.8 Å². The average molecular weight is 496 g/mol. The Balaban J connectivity index is 1.69. The largest absolute Gasteiger partial charge is 0.385 e. The van der Waals surface area contributed by atoms with Gasteiger partial charge in [0.25, 0.3) is 5.91 Å². The summed E-state index contributed by atoms with van der Waals surface area (Å²) in [7, 11) is 0. The Morgan fingerprint density at radius 3 is 2.82 bits per heavy atom. The van der Waals surface area contributed by atoms with E-state index in [2.05, 4.69) is 20.7 Å². The minimum absolute atomic E-state index is 0.139. The van der Waals surface area contributed by atoms with Gasteiger partial charge in [0.1, 0.15) is 16.9 Å². The molecule has 0 saturated carbocycles. The third kappa shape index (κ3) is 3.31. The second-order valence-electron chi connectivity index (χ2n) is 7.03. The van der Waals surface area contributed by atoms with E-state index in [-0.39, 0.29) is 24.7 Å². The van der Waals surface area contributed by atoms with E-state index in [1.807, 2.05) is 22.6 Å². The Bertz CT molecular complexity index is 1060. The van der Waals surface area contributed by atoms with Crippen molar-refractivity contribution >= 4 is 50.9 Å². The summed E-state index contributed by atoms with van der Waals surface area (Å²) in [5.74, 6) is -0.726. The number of nitrogens with one attached hydrogen (secondary N) is 2. The van der Waals surface area contributed by atoms with Gasteiger partial charge in [0.15, 0.2) is 0 Å². The minimum atomic E-state index is -1.09. The number of nitrogens with two attached hydrogens (primary N) is 1. The van der Waals surface area contributed by atoms with Crippen molar-refractivity contribution in [2.45, 2.75) is 18.6 Å². The Morgan fingerprint density at radius 2 is 2.14 bits per heavy atom. The number of carbonyl (C=O) groups excluding carboxylic acids is 1. The summed E-state index contributed by atoms with van der Waals surface area (Å²) in [6.45, 7) is 1.98. The number of nitrogens with zero attached hydrogens (tertiary/aromatic N) is 3. The monoisotopic (exact) mass is 496 g/mol. The first-order chi connectivity index (χ1) is 13.3. The predicted molar refractivity (Wildman–Crippen MR) is 111 cm³/mol. The number of rotatable bonds is 4. The van der Waals surface area contributed by atoms with Crippen molar-refractivity contribution in [3.05, 3.63) is 45.3 Å². The standard InChI is InChI=1S/C18H18FIN6O2/c1-9(21)18(28)7-26(8-18)17(27)11-5-15-16(24-25-23-15)6-14(11)22-13-3-2-10(20)4-12(13)19/h2-6,9,22,28H,7-8,21H2,1H3,(H,23,24,25). The van der Waals surface area contributed by atoms with Crippen LogP contribution < -0.4 is 11.1 Å². The van der Waals surface area contributed by atoms with Crippen molar-refractivity contribution in [1.29, 1.82) is 0 Å². The SMILES string of the molecule is CC(N)C1(O)CN(C(=O)c2cc3[nH]nnc3cc2Nc2ccc(I)cc2F)C1. The smallest absolute Gasteiger partial charge is 0.256 e. The molecule has 8 nitrogen and oxygen atoms in total. The maximum Gasteiger partial charge on any atom is 0.256 e. The van der Waals surface area contributed by atoms with Crippen LogP contribution in [0.4, 0.5) is 15.8 Å². The van der Waals surface area contributed by atoms with Gasteiger partial charge in [0.2, 0.25) is 0 Å². The van der Waals surface area contributed by atoms with Crippen molar-refractivity contribution < 1.29 is 14.3 Å². The first-order valence-corrected chi connectivity index (χ1v) is 9.69. The molecule has 3 aromatic rings. The number of halogens is 2. The van der Waals surface area contributed by atoms with Crippen molar-refractivity contribution in [3.8, 4) is 0 Å². The van der Waals surface area contributed by atoms with Crippen molar-refractivity contribution in [2.75, 3.05) is 18.4 Å². The second kappa shape index (κ2) is 6.94. The van der Waals surface area contributed by atoms with Gasteiger partial charge in [0, 0.05) is 9.61 Å². The van der Waals surface area contributed by atoms with Gasteiger partial charge in [-0.15, -0.1) is 5.10 Å². The summed E-state index contributed by atoms with van der Waals surface area (Å²) >= 11 is 2.03. The van der Waals surface area contributed by atoms with E-state index >= 15 is 0 Å². The van der Waals surface area contributed by atoms with E-state index in [0.29, 0.717) is 22.3 Å². The van der Waals surface area contributed by atoms with E-state index in [4.69, 9.17) is 5.73 Å². The molecule has 2 heterocycles. The number of carbonyl (C=O) groups is 1. The summed E-state index contributed by atoms with van der Waals surface area (Å²) in [5, 5.41) is 23.8. The molecule has 28 heavy (non-hydrogen) atoms. The third-order valence-electron chi connectivity index (χ3n) is 4.96. The lowest BCUT2D eigenvalue weighted by Crippen LogP contribution is -2.70. The van der Waals surface area contributed by atoms with Gasteiger partial charge in [-0.3, -0.25) is 9.89 Å². The van der Waals surface area contributed by atoms with Crippen LogP contribution in [-0.4, -0.2) is 56.1 Å². The average Bonchev–Trinajstić information content (AvgIpc) is 3.07. The highest BCUT2D eigenvalue weighted by Gasteiger charge is 2.46. The van der Waals surface area contributed by atoms with Crippen LogP contribution in [0.15, 0.2) is 30.3 Å². The molecule has 1 fully saturated rings. The number of likely N-dealkylation sites (tertiary alicyclic amines) is 1. The summed E-state index contributed by atoms with van der Waals surface area (Å²) in [6.07, 6.45) is 0. The minimum Gasteiger partial charge on any atom is -0.385 e. The molecule has 1 unspecified atom stereocenters. The number of aromatic amines is 1. The quantitative estimate of drug-likeness (QED) is 0.411. The Labute approximate surface area is 173 Å². The number of aromatic nitrogens is 3. The summed E-state index contributed by atoms with van der Waals surface area (Å²) in [5.41, 5.74) is 6.79. The number of benzene rings is 2. The molecule has 0 spiro atoms. The molecule has 1 aliphatic heterocycles. The number of hydrogen-bond acceptors (Lipinski definition) is 6. The van der Waals surface area contributed by atoms with E-state index in [1.165, 1.54) is 11.0 Å². The maximum atomic E-state index is 14.3. The number of β-amino-alcohol motifs (C(OH)–C–C–N with tert-alkyl or cyclic N) is 1. The highest BCUT2D eigenvalue weighted by atomic mass is 127. The van der Waals surface area contributed by atoms with Crippen molar-refractivity contribution in [1.82, 2.24) is 20.3 Å². The first kappa shape index (κ1) is 19.0. The fourth-order valence-electron chi connectivity index (χ4n) is 3.13. The van der Waals surface area contributed by atoms with E-state index in [0.717, 1.165) is 3.57 Å². The van der Waals surface area contributed by atoms with Crippen LogP contribution in [0.25, 0.3) is 11.0 Å². The maximum absolute atomic E-state index is 14.3. The number of hydrogen-bond donors (Lipinski definition) is 4. The Hall–Kier alpha value is -2.31. The van der Waals surface area contributed by atoms with Crippen LogP contribution in [-0.2, 0) is 0 Å². The summed E-state index contributed by atoms with van der Waals surface area (Å²) in [4.78, 5) is 14.5. The van der Waals surface area contributed by atoms with Crippen LogP contribution in [0.1, 0.15) is 17.3 Å². The molecule has 5 N–H and O–H groups in total. The molecule has 1 aliphatic rings. The number of H-pyrrole nitrogens is 1. The van der Waals surface area contributed by atoms with Crippen LogP contribution in [0.2, 0.25) is 0 Å². The summed E-state index contributed by atoms with van der Waals surface area (Å²) in [6, 6.07) is 7.58.